The quantitative estimate of drug-likeness (QED) is 0.639. The molecule has 4 N–H and O–H groups in total. The van der Waals surface area contributed by atoms with Gasteiger partial charge in [0.05, 0.1) is 6.20 Å². The Morgan fingerprint density at radius 2 is 2.37 bits per heavy atom. The molecule has 0 saturated heterocycles. The molecule has 6 nitrogen and oxygen atoms in total. The predicted octanol–water partition coefficient (Wildman–Crippen LogP) is -0.595. The largest absolute Gasteiger partial charge is 0.369 e. The number of amides is 1. The normalized spacial score (nSPS) is 10.6. The number of aromatic nitrogens is 3. The second-order valence-electron chi connectivity index (χ2n) is 4.43. The first-order chi connectivity index (χ1) is 8.99. The van der Waals surface area contributed by atoms with Gasteiger partial charge in [-0.05, 0) is 13.0 Å². The minimum atomic E-state index is -0.144. The van der Waals surface area contributed by atoms with Crippen LogP contribution in [-0.2, 0) is 13.5 Å². The van der Waals surface area contributed by atoms with Gasteiger partial charge in [-0.3, -0.25) is 4.79 Å². The highest BCUT2D eigenvalue weighted by molar-refractivity contribution is 6.33. The first kappa shape index (κ1) is 13.3. The molecule has 0 aliphatic rings. The van der Waals surface area contributed by atoms with Crippen LogP contribution in [0.5, 0.6) is 0 Å². The molecule has 2 aromatic rings. The van der Waals surface area contributed by atoms with E-state index < -0.39 is 0 Å². The van der Waals surface area contributed by atoms with Crippen LogP contribution in [0.25, 0.3) is 0 Å². The molecule has 0 bridgehead atoms. The van der Waals surface area contributed by atoms with Gasteiger partial charge in [0.1, 0.15) is 13.5 Å². The third kappa shape index (κ3) is 2.81. The van der Waals surface area contributed by atoms with Crippen molar-refractivity contribution in [3.63, 3.8) is 0 Å². The molecular weight excluding hydrogens is 241 g/mol. The van der Waals surface area contributed by atoms with Crippen LogP contribution in [0.3, 0.4) is 0 Å². The van der Waals surface area contributed by atoms with Crippen LogP contribution in [0.2, 0.25) is 0 Å². The second kappa shape index (κ2) is 5.21. The average molecular weight is 257 g/mol. The SMILES string of the molecule is [B]c1cc(C(=O)NCCc2cnc(N)[nH]2)n(C)c1C. The molecular formula is C12H16BN5O. The van der Waals surface area contributed by atoms with Crippen molar-refractivity contribution in [2.24, 2.45) is 7.05 Å². The zero-order valence-electron chi connectivity index (χ0n) is 11.0. The van der Waals surface area contributed by atoms with Crippen molar-refractivity contribution in [2.75, 3.05) is 12.3 Å². The Balaban J connectivity index is 1.92. The number of hydrogen-bond donors (Lipinski definition) is 3. The number of nitrogen functional groups attached to an aromatic ring is 1. The molecule has 0 fully saturated rings. The molecule has 2 aromatic heterocycles. The number of H-pyrrole nitrogens is 1. The Morgan fingerprint density at radius 1 is 1.63 bits per heavy atom. The number of hydrogen-bond acceptors (Lipinski definition) is 3. The number of nitrogens with zero attached hydrogens (tertiary/aromatic N) is 2. The van der Waals surface area contributed by atoms with Crippen molar-refractivity contribution in [3.05, 3.63) is 29.3 Å². The molecule has 19 heavy (non-hydrogen) atoms. The predicted molar refractivity (Wildman–Crippen MR) is 74.6 cm³/mol. The molecule has 98 valence electrons. The lowest BCUT2D eigenvalue weighted by molar-refractivity contribution is 0.0946. The minimum absolute atomic E-state index is 0.144. The van der Waals surface area contributed by atoms with E-state index in [4.69, 9.17) is 13.6 Å². The van der Waals surface area contributed by atoms with Gasteiger partial charge in [0.2, 0.25) is 0 Å². The molecule has 0 spiro atoms. The molecule has 7 heteroatoms. The minimum Gasteiger partial charge on any atom is -0.369 e. The molecule has 1 amide bonds. The lowest BCUT2D eigenvalue weighted by atomic mass is 9.97. The topological polar surface area (TPSA) is 88.7 Å². The summed E-state index contributed by atoms with van der Waals surface area (Å²) in [6.07, 6.45) is 2.31. The van der Waals surface area contributed by atoms with E-state index in [-0.39, 0.29) is 5.91 Å². The number of carbonyl (C=O) groups is 1. The summed E-state index contributed by atoms with van der Waals surface area (Å²) in [4.78, 5) is 18.8. The number of rotatable bonds is 4. The number of nitrogens with two attached hydrogens (primary N) is 1. The van der Waals surface area contributed by atoms with E-state index in [1.54, 1.807) is 16.8 Å². The number of anilines is 1. The maximum Gasteiger partial charge on any atom is 0.267 e. The summed E-state index contributed by atoms with van der Waals surface area (Å²) in [7, 11) is 7.59. The number of nitrogens with one attached hydrogen (secondary N) is 2. The Morgan fingerprint density at radius 3 is 2.89 bits per heavy atom. The molecule has 0 atom stereocenters. The summed E-state index contributed by atoms with van der Waals surface area (Å²) in [5.74, 6) is 0.238. The lowest BCUT2D eigenvalue weighted by Gasteiger charge is -2.06. The van der Waals surface area contributed by atoms with Gasteiger partial charge in [0.25, 0.3) is 5.91 Å². The van der Waals surface area contributed by atoms with Crippen molar-refractivity contribution in [3.8, 4) is 0 Å². The van der Waals surface area contributed by atoms with Crippen LogP contribution in [0.15, 0.2) is 12.3 Å². The third-order valence-corrected chi connectivity index (χ3v) is 3.14. The van der Waals surface area contributed by atoms with E-state index in [9.17, 15) is 4.79 Å². The fourth-order valence-electron chi connectivity index (χ4n) is 1.85. The molecule has 2 rings (SSSR count). The van der Waals surface area contributed by atoms with Crippen molar-refractivity contribution in [2.45, 2.75) is 13.3 Å². The van der Waals surface area contributed by atoms with Crippen molar-refractivity contribution in [1.82, 2.24) is 19.9 Å². The van der Waals surface area contributed by atoms with E-state index in [1.165, 1.54) is 0 Å². The van der Waals surface area contributed by atoms with E-state index >= 15 is 0 Å². The summed E-state index contributed by atoms with van der Waals surface area (Å²) in [5, 5.41) is 2.83. The molecule has 2 radical (unpaired) electrons. The molecule has 0 aliphatic heterocycles. The summed E-state index contributed by atoms with van der Waals surface area (Å²) in [5.41, 5.74) is 8.41. The van der Waals surface area contributed by atoms with Crippen molar-refractivity contribution >= 4 is 25.2 Å². The molecule has 0 aliphatic carbocycles. The monoisotopic (exact) mass is 257 g/mol. The molecule has 0 aromatic carbocycles. The summed E-state index contributed by atoms with van der Waals surface area (Å²) in [6, 6.07) is 1.68. The first-order valence-corrected chi connectivity index (χ1v) is 5.98. The zero-order valence-corrected chi connectivity index (χ0v) is 11.0. The maximum atomic E-state index is 12.0. The van der Waals surface area contributed by atoms with Gasteiger partial charge in [-0.25, -0.2) is 4.98 Å². The van der Waals surface area contributed by atoms with E-state index in [1.807, 2.05) is 14.0 Å². The zero-order chi connectivity index (χ0) is 14.0. The van der Waals surface area contributed by atoms with E-state index in [0.717, 1.165) is 11.4 Å². The Kier molecular flexibility index (Phi) is 3.64. The fraction of sp³-hybridized carbons (Fsp3) is 0.333. The maximum absolute atomic E-state index is 12.0. The standard InChI is InChI=1S/C12H16BN5O/c1-7-9(13)5-10(18(7)2)11(19)15-4-3-8-6-16-12(14)17-8/h5-6H,3-4H2,1-2H3,(H,15,19)(H3,14,16,17). The van der Waals surface area contributed by atoms with Crippen LogP contribution in [0.4, 0.5) is 5.95 Å². The van der Waals surface area contributed by atoms with Crippen LogP contribution < -0.4 is 16.5 Å². The second-order valence-corrected chi connectivity index (χ2v) is 4.43. The Hall–Kier alpha value is -2.18. The van der Waals surface area contributed by atoms with Crippen molar-refractivity contribution < 1.29 is 4.79 Å². The molecule has 2 heterocycles. The summed E-state index contributed by atoms with van der Waals surface area (Å²) in [6.45, 7) is 2.38. The lowest BCUT2D eigenvalue weighted by Crippen LogP contribution is -2.27. The van der Waals surface area contributed by atoms with Crippen LogP contribution in [0.1, 0.15) is 21.9 Å². The Bertz CT molecular complexity index is 601. The van der Waals surface area contributed by atoms with Gasteiger partial charge >= 0.3 is 0 Å². The van der Waals surface area contributed by atoms with Gasteiger partial charge in [-0.1, -0.05) is 5.46 Å². The van der Waals surface area contributed by atoms with Crippen LogP contribution in [-0.4, -0.2) is 34.8 Å². The van der Waals surface area contributed by atoms with E-state index in [2.05, 4.69) is 15.3 Å². The third-order valence-electron chi connectivity index (χ3n) is 3.14. The fourth-order valence-corrected chi connectivity index (χ4v) is 1.85. The van der Waals surface area contributed by atoms with Crippen LogP contribution >= 0.6 is 0 Å². The van der Waals surface area contributed by atoms with Crippen LogP contribution in [0, 0.1) is 6.92 Å². The van der Waals surface area contributed by atoms with Gasteiger partial charge in [-0.15, -0.1) is 0 Å². The molecule has 0 saturated carbocycles. The average Bonchev–Trinajstić information content (AvgIpc) is 2.89. The summed E-state index contributed by atoms with van der Waals surface area (Å²) < 4.78 is 1.78. The van der Waals surface area contributed by atoms with Gasteiger partial charge in [0, 0.05) is 31.4 Å². The highest BCUT2D eigenvalue weighted by Crippen LogP contribution is 2.03. The smallest absolute Gasteiger partial charge is 0.267 e. The summed E-state index contributed by atoms with van der Waals surface area (Å²) >= 11 is 0. The van der Waals surface area contributed by atoms with Gasteiger partial charge in [0.15, 0.2) is 5.95 Å². The molecule has 0 unspecified atom stereocenters. The van der Waals surface area contributed by atoms with E-state index in [0.29, 0.717) is 30.1 Å². The number of aromatic amines is 1. The Labute approximate surface area is 112 Å². The van der Waals surface area contributed by atoms with Crippen molar-refractivity contribution in [1.29, 1.82) is 0 Å². The first-order valence-electron chi connectivity index (χ1n) is 5.98. The highest BCUT2D eigenvalue weighted by atomic mass is 16.1. The van der Waals surface area contributed by atoms with Gasteiger partial charge < -0.3 is 20.6 Å². The number of carbonyl (C=O) groups excluding carboxylic acids is 1. The highest BCUT2D eigenvalue weighted by Gasteiger charge is 2.12. The number of imidazole rings is 1. The van der Waals surface area contributed by atoms with Gasteiger partial charge in [-0.2, -0.15) is 0 Å².